The van der Waals surface area contributed by atoms with Gasteiger partial charge in [-0.25, -0.2) is 10.2 Å². The maximum atomic E-state index is 12.9. The van der Waals surface area contributed by atoms with Crippen molar-refractivity contribution < 1.29 is 19.1 Å². The van der Waals surface area contributed by atoms with Crippen LogP contribution in [-0.2, 0) is 40.3 Å². The lowest BCUT2D eigenvalue weighted by molar-refractivity contribution is -0.125. The summed E-state index contributed by atoms with van der Waals surface area (Å²) in [4.78, 5) is 38.4. The molecule has 1 aromatic heterocycles. The fraction of sp³-hybridized carbons (Fsp3) is 0.409. The van der Waals surface area contributed by atoms with E-state index >= 15 is 0 Å². The molecule has 162 valence electrons. The molecule has 9 nitrogen and oxygen atoms in total. The number of nitrogens with zero attached hydrogens (tertiary/aromatic N) is 4. The largest absolute Gasteiger partial charge is 0.461 e. The van der Waals surface area contributed by atoms with Crippen LogP contribution in [0.5, 0.6) is 0 Å². The van der Waals surface area contributed by atoms with Crippen molar-refractivity contribution in [2.24, 2.45) is 5.10 Å². The number of rotatable bonds is 6. The smallest absolute Gasteiger partial charge is 0.359 e. The Labute approximate surface area is 180 Å². The first kappa shape index (κ1) is 20.8. The Morgan fingerprint density at radius 1 is 1.16 bits per heavy atom. The fourth-order valence-corrected chi connectivity index (χ4v) is 3.90. The molecule has 0 saturated carbocycles. The van der Waals surface area contributed by atoms with Crippen LogP contribution < -0.4 is 5.43 Å². The number of benzene rings is 1. The Kier molecular flexibility index (Phi) is 6.11. The van der Waals surface area contributed by atoms with E-state index < -0.39 is 5.97 Å². The molecule has 0 saturated heterocycles. The molecule has 0 aliphatic carbocycles. The number of fused-ring (bicyclic) bond motifs is 1. The van der Waals surface area contributed by atoms with Crippen molar-refractivity contribution in [3.63, 3.8) is 0 Å². The number of aromatic nitrogens is 2. The molecular formula is C22H25N5O4. The summed E-state index contributed by atoms with van der Waals surface area (Å²) in [5.41, 5.74) is 5.84. The molecule has 31 heavy (non-hydrogen) atoms. The zero-order chi connectivity index (χ0) is 21.8. The van der Waals surface area contributed by atoms with Gasteiger partial charge < -0.3 is 9.64 Å². The summed E-state index contributed by atoms with van der Waals surface area (Å²) >= 11 is 0. The number of esters is 1. The van der Waals surface area contributed by atoms with Crippen LogP contribution in [0.15, 0.2) is 35.4 Å². The van der Waals surface area contributed by atoms with Crippen LogP contribution >= 0.6 is 0 Å². The first-order chi connectivity index (χ1) is 15.1. The van der Waals surface area contributed by atoms with Gasteiger partial charge in [-0.3, -0.25) is 14.3 Å². The minimum Gasteiger partial charge on any atom is -0.461 e. The Bertz CT molecular complexity index is 1030. The highest BCUT2D eigenvalue weighted by Crippen LogP contribution is 2.25. The molecule has 1 aromatic carbocycles. The second kappa shape index (κ2) is 9.11. The summed E-state index contributed by atoms with van der Waals surface area (Å²) < 4.78 is 7.07. The van der Waals surface area contributed by atoms with Gasteiger partial charge in [0.2, 0.25) is 5.91 Å². The number of aryl methyl sites for hydroxylation is 2. The van der Waals surface area contributed by atoms with E-state index in [9.17, 15) is 14.4 Å². The highest BCUT2D eigenvalue weighted by Gasteiger charge is 2.32. The van der Waals surface area contributed by atoms with E-state index in [-0.39, 0.29) is 37.1 Å². The zero-order valence-corrected chi connectivity index (χ0v) is 17.5. The lowest BCUT2D eigenvalue weighted by Gasteiger charge is -2.28. The van der Waals surface area contributed by atoms with Crippen LogP contribution in [0.3, 0.4) is 0 Å². The molecule has 0 spiro atoms. The van der Waals surface area contributed by atoms with E-state index in [2.05, 4.69) is 27.8 Å². The average molecular weight is 423 g/mol. The maximum absolute atomic E-state index is 12.9. The number of carbonyl (C=O) groups excluding carboxylic acids is 3. The lowest BCUT2D eigenvalue weighted by atomic mass is 10.0. The quantitative estimate of drug-likeness (QED) is 0.708. The van der Waals surface area contributed by atoms with Crippen molar-refractivity contribution in [2.45, 2.75) is 45.7 Å². The second-order valence-corrected chi connectivity index (χ2v) is 7.52. The van der Waals surface area contributed by atoms with Crippen LogP contribution in [0.25, 0.3) is 0 Å². The van der Waals surface area contributed by atoms with Gasteiger partial charge in [-0.2, -0.15) is 10.2 Å². The van der Waals surface area contributed by atoms with Crippen LogP contribution in [0.2, 0.25) is 0 Å². The predicted molar refractivity (Wildman–Crippen MR) is 112 cm³/mol. The molecule has 0 radical (unpaired) electrons. The van der Waals surface area contributed by atoms with Crippen LogP contribution in [-0.4, -0.2) is 51.3 Å². The summed E-state index contributed by atoms with van der Waals surface area (Å²) in [5, 5.41) is 8.47. The zero-order valence-electron chi connectivity index (χ0n) is 17.5. The molecule has 4 rings (SSSR count). The first-order valence-corrected chi connectivity index (χ1v) is 10.5. The maximum Gasteiger partial charge on any atom is 0.359 e. The molecule has 3 heterocycles. The molecule has 0 bridgehead atoms. The van der Waals surface area contributed by atoms with Gasteiger partial charge in [0.25, 0.3) is 5.91 Å². The highest BCUT2D eigenvalue weighted by atomic mass is 16.5. The van der Waals surface area contributed by atoms with E-state index in [0.29, 0.717) is 31.6 Å². The van der Waals surface area contributed by atoms with Crippen molar-refractivity contribution in [1.29, 1.82) is 0 Å². The number of ether oxygens (including phenoxy) is 1. The average Bonchev–Trinajstić information content (AvgIpc) is 3.16. The van der Waals surface area contributed by atoms with Crippen molar-refractivity contribution in [1.82, 2.24) is 20.1 Å². The molecule has 0 atom stereocenters. The number of hydrazone groups is 1. The van der Waals surface area contributed by atoms with E-state index in [1.807, 2.05) is 22.9 Å². The topological polar surface area (TPSA) is 106 Å². The summed E-state index contributed by atoms with van der Waals surface area (Å²) in [6.07, 6.45) is 1.93. The Balaban J connectivity index is 1.57. The summed E-state index contributed by atoms with van der Waals surface area (Å²) in [6.45, 7) is 3.41. The van der Waals surface area contributed by atoms with Gasteiger partial charge in [-0.1, -0.05) is 30.3 Å². The number of nitrogens with one attached hydrogen (secondary N) is 1. The summed E-state index contributed by atoms with van der Waals surface area (Å²) in [7, 11) is 0. The van der Waals surface area contributed by atoms with Crippen LogP contribution in [0.1, 0.15) is 47.1 Å². The molecule has 9 heteroatoms. The summed E-state index contributed by atoms with van der Waals surface area (Å²) in [5.74, 6) is -0.895. The molecule has 2 amide bonds. The van der Waals surface area contributed by atoms with Gasteiger partial charge in [0.1, 0.15) is 5.71 Å². The van der Waals surface area contributed by atoms with Gasteiger partial charge in [0.05, 0.1) is 13.2 Å². The Morgan fingerprint density at radius 2 is 1.97 bits per heavy atom. The molecular weight excluding hydrogens is 398 g/mol. The Morgan fingerprint density at radius 3 is 2.68 bits per heavy atom. The van der Waals surface area contributed by atoms with Gasteiger partial charge in [-0.05, 0) is 18.9 Å². The van der Waals surface area contributed by atoms with E-state index in [1.165, 1.54) is 5.56 Å². The van der Waals surface area contributed by atoms with Crippen molar-refractivity contribution >= 4 is 23.5 Å². The standard InChI is InChI=1S/C22H25N5O4/c1-2-31-22(30)20-16-14-26(21(29)17-8-9-19(28)24-23-17)12-11-18(16)27(25-20)13-10-15-6-4-3-5-7-15/h3-7H,2,8-14H2,1H3,(H,24,28). The predicted octanol–water partition coefficient (Wildman–Crippen LogP) is 1.45. The molecule has 2 aliphatic heterocycles. The lowest BCUT2D eigenvalue weighted by Crippen LogP contribution is -2.43. The monoisotopic (exact) mass is 423 g/mol. The fourth-order valence-electron chi connectivity index (χ4n) is 3.90. The molecule has 1 N–H and O–H groups in total. The molecule has 0 fully saturated rings. The van der Waals surface area contributed by atoms with Crippen molar-refractivity contribution in [3.8, 4) is 0 Å². The number of hydrogen-bond donors (Lipinski definition) is 1. The second-order valence-electron chi connectivity index (χ2n) is 7.52. The SMILES string of the molecule is CCOC(=O)c1nn(CCc2ccccc2)c2c1CN(C(=O)C1=NNC(=O)CC1)CC2. The Hall–Kier alpha value is -3.49. The number of carbonyl (C=O) groups is 3. The van der Waals surface area contributed by atoms with Gasteiger partial charge in [0, 0.05) is 43.6 Å². The summed E-state index contributed by atoms with van der Waals surface area (Å²) in [6, 6.07) is 10.1. The number of hydrogen-bond acceptors (Lipinski definition) is 6. The minimum atomic E-state index is -0.478. The van der Waals surface area contributed by atoms with Crippen molar-refractivity contribution in [3.05, 3.63) is 52.8 Å². The van der Waals surface area contributed by atoms with E-state index in [1.54, 1.807) is 11.8 Å². The van der Waals surface area contributed by atoms with Crippen LogP contribution in [0, 0.1) is 0 Å². The van der Waals surface area contributed by atoms with Crippen LogP contribution in [0.4, 0.5) is 0 Å². The molecule has 0 unspecified atom stereocenters. The third-order valence-corrected chi connectivity index (χ3v) is 5.50. The van der Waals surface area contributed by atoms with E-state index in [0.717, 1.165) is 17.7 Å². The first-order valence-electron chi connectivity index (χ1n) is 10.5. The molecule has 2 aromatic rings. The number of amides is 2. The van der Waals surface area contributed by atoms with Gasteiger partial charge in [-0.15, -0.1) is 0 Å². The van der Waals surface area contributed by atoms with Gasteiger partial charge in [0.15, 0.2) is 5.69 Å². The molecule has 2 aliphatic rings. The third-order valence-electron chi connectivity index (χ3n) is 5.50. The minimum absolute atomic E-state index is 0.193. The highest BCUT2D eigenvalue weighted by molar-refractivity contribution is 6.39. The normalized spacial score (nSPS) is 15.7. The van der Waals surface area contributed by atoms with Gasteiger partial charge >= 0.3 is 5.97 Å². The van der Waals surface area contributed by atoms with Crippen molar-refractivity contribution in [2.75, 3.05) is 13.2 Å². The third kappa shape index (κ3) is 4.50. The van der Waals surface area contributed by atoms with E-state index in [4.69, 9.17) is 4.74 Å².